The number of hydrogen-bond donors (Lipinski definition) is 2. The van der Waals surface area contributed by atoms with Crippen LogP contribution < -0.4 is 14.9 Å². The van der Waals surface area contributed by atoms with E-state index in [1.54, 1.807) is 48.5 Å². The van der Waals surface area contributed by atoms with E-state index in [1.807, 2.05) is 32.0 Å². The third kappa shape index (κ3) is 6.43. The molecule has 33 heavy (non-hydrogen) atoms. The second-order valence-corrected chi connectivity index (χ2v) is 9.88. The molecular formula is C25H27N3O4S. The molecule has 0 spiro atoms. The molecule has 0 unspecified atom stereocenters. The van der Waals surface area contributed by atoms with Gasteiger partial charge in [-0.3, -0.25) is 13.9 Å². The molecule has 0 aliphatic carbocycles. The molecular weight excluding hydrogens is 438 g/mol. The van der Waals surface area contributed by atoms with Gasteiger partial charge in [-0.1, -0.05) is 24.3 Å². The largest absolute Gasteiger partial charge is 0.326 e. The van der Waals surface area contributed by atoms with Crippen LogP contribution in [0.2, 0.25) is 0 Å². The molecule has 0 radical (unpaired) electrons. The minimum absolute atomic E-state index is 0.162. The molecule has 3 aromatic carbocycles. The third-order valence-electron chi connectivity index (χ3n) is 5.04. The van der Waals surface area contributed by atoms with Crippen molar-refractivity contribution in [2.75, 3.05) is 21.2 Å². The minimum atomic E-state index is -3.51. The summed E-state index contributed by atoms with van der Waals surface area (Å²) in [6.07, 6.45) is 1.19. The molecule has 0 atom stereocenters. The van der Waals surface area contributed by atoms with Gasteiger partial charge < -0.3 is 10.6 Å². The summed E-state index contributed by atoms with van der Waals surface area (Å²) in [5.74, 6) is -0.456. The van der Waals surface area contributed by atoms with Crippen LogP contribution in [0.3, 0.4) is 0 Å². The molecule has 2 amide bonds. The molecule has 3 aromatic rings. The fraction of sp³-hybridized carbons (Fsp3) is 0.200. The van der Waals surface area contributed by atoms with Crippen molar-refractivity contribution >= 4 is 38.9 Å². The first-order valence-electron chi connectivity index (χ1n) is 10.4. The Kier molecular flexibility index (Phi) is 7.18. The van der Waals surface area contributed by atoms with Crippen molar-refractivity contribution < 1.29 is 18.0 Å². The molecule has 0 fully saturated rings. The van der Waals surface area contributed by atoms with E-state index < -0.39 is 10.0 Å². The standard InChI is InChI=1S/C25H27N3O4S/c1-17-5-6-18(2)24(15-17)28(33(4,31)32)16-20-7-9-21(10-8-20)25(30)27-23-13-11-22(12-14-23)26-19(3)29/h5-15H,16H2,1-4H3,(H,26,29)(H,27,30). The molecule has 7 nitrogen and oxygen atoms in total. The van der Waals surface area contributed by atoms with Gasteiger partial charge in [-0.2, -0.15) is 0 Å². The van der Waals surface area contributed by atoms with Gasteiger partial charge in [0.1, 0.15) is 0 Å². The topological polar surface area (TPSA) is 95.6 Å². The fourth-order valence-electron chi connectivity index (χ4n) is 3.34. The molecule has 8 heteroatoms. The van der Waals surface area contributed by atoms with E-state index in [0.29, 0.717) is 22.6 Å². The average Bonchev–Trinajstić information content (AvgIpc) is 2.74. The summed E-state index contributed by atoms with van der Waals surface area (Å²) < 4.78 is 26.4. The number of sulfonamides is 1. The Bertz CT molecular complexity index is 1270. The van der Waals surface area contributed by atoms with Crippen LogP contribution in [0.25, 0.3) is 0 Å². The van der Waals surface area contributed by atoms with Crippen LogP contribution in [0.5, 0.6) is 0 Å². The number of nitrogens with one attached hydrogen (secondary N) is 2. The number of aryl methyl sites for hydroxylation is 2. The second kappa shape index (κ2) is 9.87. The number of carbonyl (C=O) groups excluding carboxylic acids is 2. The van der Waals surface area contributed by atoms with Crippen molar-refractivity contribution in [2.45, 2.75) is 27.3 Å². The molecule has 0 saturated carbocycles. The first-order chi connectivity index (χ1) is 15.5. The SMILES string of the molecule is CC(=O)Nc1ccc(NC(=O)c2ccc(CN(c3cc(C)ccc3C)S(C)(=O)=O)cc2)cc1. The fourth-order valence-corrected chi connectivity index (χ4v) is 4.28. The number of nitrogens with zero attached hydrogens (tertiary/aromatic N) is 1. The maximum atomic E-state index is 12.6. The van der Waals surface area contributed by atoms with Crippen LogP contribution in [-0.4, -0.2) is 26.5 Å². The van der Waals surface area contributed by atoms with Gasteiger partial charge in [0.15, 0.2) is 0 Å². The first kappa shape index (κ1) is 24.0. The molecule has 0 bridgehead atoms. The number of amides is 2. The lowest BCUT2D eigenvalue weighted by Gasteiger charge is -2.25. The third-order valence-corrected chi connectivity index (χ3v) is 6.17. The maximum absolute atomic E-state index is 12.6. The van der Waals surface area contributed by atoms with Crippen LogP contribution in [-0.2, 0) is 21.4 Å². The highest BCUT2D eigenvalue weighted by Gasteiger charge is 2.20. The smallest absolute Gasteiger partial charge is 0.255 e. The lowest BCUT2D eigenvalue weighted by Crippen LogP contribution is -2.30. The van der Waals surface area contributed by atoms with Crippen LogP contribution in [0.4, 0.5) is 17.1 Å². The van der Waals surface area contributed by atoms with Crippen molar-refractivity contribution in [3.8, 4) is 0 Å². The average molecular weight is 466 g/mol. The summed E-state index contributed by atoms with van der Waals surface area (Å²) in [6, 6.07) is 19.3. The highest BCUT2D eigenvalue weighted by molar-refractivity contribution is 7.92. The zero-order valence-corrected chi connectivity index (χ0v) is 19.9. The molecule has 0 saturated heterocycles. The highest BCUT2D eigenvalue weighted by Crippen LogP contribution is 2.26. The summed E-state index contributed by atoms with van der Waals surface area (Å²) in [5.41, 5.74) is 4.93. The number of hydrogen-bond acceptors (Lipinski definition) is 4. The monoisotopic (exact) mass is 465 g/mol. The Balaban J connectivity index is 1.73. The van der Waals surface area contributed by atoms with Gasteiger partial charge in [-0.15, -0.1) is 0 Å². The Morgan fingerprint density at radius 1 is 0.848 bits per heavy atom. The molecule has 0 heterocycles. The Morgan fingerprint density at radius 3 is 1.97 bits per heavy atom. The van der Waals surface area contributed by atoms with Gasteiger partial charge in [-0.05, 0) is 73.0 Å². The summed E-state index contributed by atoms with van der Waals surface area (Å²) >= 11 is 0. The molecule has 0 aromatic heterocycles. The van der Waals surface area contributed by atoms with Crippen LogP contribution in [0.15, 0.2) is 66.7 Å². The van der Waals surface area contributed by atoms with Gasteiger partial charge in [0.05, 0.1) is 18.5 Å². The zero-order valence-electron chi connectivity index (χ0n) is 19.0. The lowest BCUT2D eigenvalue weighted by molar-refractivity contribution is -0.114. The van der Waals surface area contributed by atoms with E-state index in [1.165, 1.54) is 17.5 Å². The van der Waals surface area contributed by atoms with Gasteiger partial charge >= 0.3 is 0 Å². The summed E-state index contributed by atoms with van der Waals surface area (Å²) in [4.78, 5) is 23.7. The van der Waals surface area contributed by atoms with Crippen molar-refractivity contribution in [3.05, 3.63) is 89.0 Å². The molecule has 3 rings (SSSR count). The molecule has 0 aliphatic heterocycles. The van der Waals surface area contributed by atoms with Crippen molar-refractivity contribution in [2.24, 2.45) is 0 Å². The summed E-state index contributed by atoms with van der Waals surface area (Å²) in [6.45, 7) is 5.39. The van der Waals surface area contributed by atoms with Crippen LogP contribution in [0.1, 0.15) is 34.0 Å². The minimum Gasteiger partial charge on any atom is -0.326 e. The van der Waals surface area contributed by atoms with E-state index in [4.69, 9.17) is 0 Å². The summed E-state index contributed by atoms with van der Waals surface area (Å²) in [7, 11) is -3.51. The molecule has 172 valence electrons. The maximum Gasteiger partial charge on any atom is 0.255 e. The van der Waals surface area contributed by atoms with Crippen molar-refractivity contribution in [1.82, 2.24) is 0 Å². The van der Waals surface area contributed by atoms with Gasteiger partial charge in [0.25, 0.3) is 5.91 Å². The zero-order chi connectivity index (χ0) is 24.2. The molecule has 0 aliphatic rings. The van der Waals surface area contributed by atoms with E-state index in [2.05, 4.69) is 10.6 Å². The van der Waals surface area contributed by atoms with Crippen molar-refractivity contribution in [3.63, 3.8) is 0 Å². The van der Waals surface area contributed by atoms with E-state index in [-0.39, 0.29) is 18.4 Å². The van der Waals surface area contributed by atoms with Gasteiger partial charge in [-0.25, -0.2) is 8.42 Å². The molecule has 2 N–H and O–H groups in total. The Hall–Kier alpha value is -3.65. The van der Waals surface area contributed by atoms with Gasteiger partial charge in [0, 0.05) is 23.9 Å². The Morgan fingerprint density at radius 2 is 1.42 bits per heavy atom. The quantitative estimate of drug-likeness (QED) is 0.538. The van der Waals surface area contributed by atoms with Crippen LogP contribution >= 0.6 is 0 Å². The predicted molar refractivity (Wildman–Crippen MR) is 132 cm³/mol. The second-order valence-electron chi connectivity index (χ2n) is 7.97. The Labute approximate surface area is 194 Å². The lowest BCUT2D eigenvalue weighted by atomic mass is 10.1. The normalized spacial score (nSPS) is 11.0. The number of benzene rings is 3. The predicted octanol–water partition coefficient (Wildman–Crippen LogP) is 4.48. The first-order valence-corrected chi connectivity index (χ1v) is 12.2. The van der Waals surface area contributed by atoms with Crippen LogP contribution in [0, 0.1) is 13.8 Å². The van der Waals surface area contributed by atoms with E-state index in [0.717, 1.165) is 16.7 Å². The summed E-state index contributed by atoms with van der Waals surface area (Å²) in [5, 5.41) is 5.47. The number of anilines is 3. The van der Waals surface area contributed by atoms with Gasteiger partial charge in [0.2, 0.25) is 15.9 Å². The highest BCUT2D eigenvalue weighted by atomic mass is 32.2. The number of rotatable bonds is 7. The van der Waals surface area contributed by atoms with E-state index >= 15 is 0 Å². The van der Waals surface area contributed by atoms with E-state index in [9.17, 15) is 18.0 Å². The van der Waals surface area contributed by atoms with Crippen molar-refractivity contribution in [1.29, 1.82) is 0 Å². The number of carbonyl (C=O) groups is 2.